The molecule has 9 heteroatoms. The van der Waals surface area contributed by atoms with Gasteiger partial charge in [-0.05, 0) is 55.6 Å². The molecule has 0 fully saturated rings. The molecule has 0 aliphatic carbocycles. The fraction of sp³-hybridized carbons (Fsp3) is 0.217. The quantitative estimate of drug-likeness (QED) is 0.549. The van der Waals surface area contributed by atoms with E-state index in [0.29, 0.717) is 35.8 Å². The number of nitrogens with zero attached hydrogens (tertiary/aromatic N) is 2. The number of nitrogens with one attached hydrogen (secondary N) is 1. The van der Waals surface area contributed by atoms with Gasteiger partial charge in [-0.2, -0.15) is 13.2 Å². The molecule has 0 aliphatic rings. The average molecular weight is 446 g/mol. The van der Waals surface area contributed by atoms with Crippen LogP contribution in [0, 0.1) is 5.82 Å². The average Bonchev–Trinajstić information content (AvgIpc) is 2.73. The molecular weight excluding hydrogens is 424 g/mol. The lowest BCUT2D eigenvalue weighted by atomic mass is 9.98. The second-order valence-electron chi connectivity index (χ2n) is 7.49. The molecule has 0 saturated heterocycles. The van der Waals surface area contributed by atoms with Crippen molar-refractivity contribution in [3.8, 4) is 22.3 Å². The van der Waals surface area contributed by atoms with Crippen LogP contribution in [0.5, 0.6) is 0 Å². The predicted octanol–water partition coefficient (Wildman–Crippen LogP) is 4.45. The third-order valence-corrected chi connectivity index (χ3v) is 4.80. The van der Waals surface area contributed by atoms with E-state index >= 15 is 0 Å². The Kier molecular flexibility index (Phi) is 6.78. The summed E-state index contributed by atoms with van der Waals surface area (Å²) < 4.78 is 53.0. The van der Waals surface area contributed by atoms with E-state index in [2.05, 4.69) is 10.3 Å². The van der Waals surface area contributed by atoms with Crippen LogP contribution in [0.3, 0.4) is 0 Å². The molecule has 3 N–H and O–H groups in total. The summed E-state index contributed by atoms with van der Waals surface area (Å²) >= 11 is 0. The number of alkyl halides is 3. The van der Waals surface area contributed by atoms with Crippen LogP contribution in [0.2, 0.25) is 0 Å². The Morgan fingerprint density at radius 1 is 1.06 bits per heavy atom. The molecule has 2 aromatic carbocycles. The number of anilines is 1. The maximum absolute atomic E-state index is 13.7. The molecule has 0 spiro atoms. The zero-order chi connectivity index (χ0) is 23.5. The van der Waals surface area contributed by atoms with Crippen molar-refractivity contribution in [3.63, 3.8) is 0 Å². The van der Waals surface area contributed by atoms with E-state index in [1.165, 1.54) is 12.3 Å². The number of carbonyl (C=O) groups is 1. The van der Waals surface area contributed by atoms with Crippen LogP contribution >= 0.6 is 0 Å². The number of likely N-dealkylation sites (N-methyl/N-ethyl adjacent to an activating group) is 1. The van der Waals surface area contributed by atoms with Gasteiger partial charge in [-0.1, -0.05) is 18.2 Å². The summed E-state index contributed by atoms with van der Waals surface area (Å²) in [6, 6.07) is 11.0. The third kappa shape index (κ3) is 5.42. The maximum atomic E-state index is 13.7. The van der Waals surface area contributed by atoms with E-state index in [4.69, 9.17) is 5.73 Å². The minimum absolute atomic E-state index is 0.00562. The lowest BCUT2D eigenvalue weighted by Crippen LogP contribution is -2.31. The number of hydrogen-bond acceptors (Lipinski definition) is 4. The molecule has 3 rings (SSSR count). The maximum Gasteiger partial charge on any atom is 0.419 e. The molecule has 0 atom stereocenters. The lowest BCUT2D eigenvalue weighted by molar-refractivity contribution is -0.139. The molecule has 0 bridgehead atoms. The fourth-order valence-corrected chi connectivity index (χ4v) is 3.11. The Hall–Kier alpha value is -3.46. The highest BCUT2D eigenvalue weighted by atomic mass is 19.4. The monoisotopic (exact) mass is 446 g/mol. The number of nitrogen functional groups attached to an aromatic ring is 1. The Balaban J connectivity index is 1.94. The van der Waals surface area contributed by atoms with Gasteiger partial charge in [-0.15, -0.1) is 0 Å². The third-order valence-electron chi connectivity index (χ3n) is 4.80. The van der Waals surface area contributed by atoms with Gasteiger partial charge < -0.3 is 16.0 Å². The first kappa shape index (κ1) is 23.2. The second-order valence-corrected chi connectivity index (χ2v) is 7.49. The standard InChI is InChI=1S/C23H22F4N4O/c1-31(2)9-8-29-22(32)16-5-3-4-14(10-16)17-11-18(21(28)30-13-17)15-6-7-20(24)19(12-15)23(25,26)27/h3-7,10-13H,8-9H2,1-2H3,(H2,28,30)(H,29,32). The highest BCUT2D eigenvalue weighted by Crippen LogP contribution is 2.36. The van der Waals surface area contributed by atoms with Gasteiger partial charge in [0.25, 0.3) is 5.91 Å². The Labute approximate surface area is 182 Å². The first-order chi connectivity index (χ1) is 15.1. The molecule has 1 aromatic heterocycles. The van der Waals surface area contributed by atoms with Crippen molar-refractivity contribution in [2.75, 3.05) is 32.9 Å². The SMILES string of the molecule is CN(C)CCNC(=O)c1cccc(-c2cnc(N)c(-c3ccc(F)c(C(F)(F)F)c3)c2)c1. The molecule has 1 amide bonds. The van der Waals surface area contributed by atoms with Gasteiger partial charge in [0.05, 0.1) is 5.56 Å². The largest absolute Gasteiger partial charge is 0.419 e. The number of hydrogen-bond donors (Lipinski definition) is 2. The van der Waals surface area contributed by atoms with Gasteiger partial charge in [0, 0.05) is 36.0 Å². The van der Waals surface area contributed by atoms with Gasteiger partial charge in [0.15, 0.2) is 0 Å². The predicted molar refractivity (Wildman–Crippen MR) is 115 cm³/mol. The number of carbonyl (C=O) groups excluding carboxylic acids is 1. The van der Waals surface area contributed by atoms with Crippen molar-refractivity contribution in [1.29, 1.82) is 0 Å². The summed E-state index contributed by atoms with van der Waals surface area (Å²) in [7, 11) is 3.80. The number of nitrogens with two attached hydrogens (primary N) is 1. The Bertz CT molecular complexity index is 1130. The summed E-state index contributed by atoms with van der Waals surface area (Å²) in [5.41, 5.74) is 6.46. The number of benzene rings is 2. The molecule has 0 radical (unpaired) electrons. The van der Waals surface area contributed by atoms with Crippen LogP contribution in [0.25, 0.3) is 22.3 Å². The van der Waals surface area contributed by atoms with Crippen molar-refractivity contribution < 1.29 is 22.4 Å². The zero-order valence-electron chi connectivity index (χ0n) is 17.5. The molecule has 0 aliphatic heterocycles. The van der Waals surface area contributed by atoms with Gasteiger partial charge in [-0.3, -0.25) is 4.79 Å². The van der Waals surface area contributed by atoms with Crippen molar-refractivity contribution in [1.82, 2.24) is 15.2 Å². The number of halogens is 4. The topological polar surface area (TPSA) is 71.2 Å². The van der Waals surface area contributed by atoms with Gasteiger partial charge in [-0.25, -0.2) is 9.37 Å². The minimum atomic E-state index is -4.84. The number of aromatic nitrogens is 1. The highest BCUT2D eigenvalue weighted by molar-refractivity contribution is 5.95. The normalized spacial score (nSPS) is 11.6. The van der Waals surface area contributed by atoms with Crippen LogP contribution < -0.4 is 11.1 Å². The van der Waals surface area contributed by atoms with Crippen molar-refractivity contribution >= 4 is 11.7 Å². The molecule has 0 unspecified atom stereocenters. The van der Waals surface area contributed by atoms with Gasteiger partial charge in [0.1, 0.15) is 11.6 Å². The number of pyridine rings is 1. The van der Waals surface area contributed by atoms with Crippen LogP contribution in [0.15, 0.2) is 54.7 Å². The smallest absolute Gasteiger partial charge is 0.383 e. The summed E-state index contributed by atoms with van der Waals surface area (Å²) in [4.78, 5) is 18.4. The van der Waals surface area contributed by atoms with E-state index < -0.39 is 17.6 Å². The molecule has 1 heterocycles. The number of amides is 1. The molecule has 32 heavy (non-hydrogen) atoms. The number of rotatable bonds is 6. The summed E-state index contributed by atoms with van der Waals surface area (Å²) in [6.07, 6.45) is -3.37. The van der Waals surface area contributed by atoms with Crippen LogP contribution in [-0.4, -0.2) is 43.0 Å². The van der Waals surface area contributed by atoms with E-state index in [1.54, 1.807) is 30.3 Å². The Morgan fingerprint density at radius 3 is 2.50 bits per heavy atom. The van der Waals surface area contributed by atoms with Gasteiger partial charge in [0.2, 0.25) is 0 Å². The molecular formula is C23H22F4N4O. The van der Waals surface area contributed by atoms with Gasteiger partial charge >= 0.3 is 6.18 Å². The fourth-order valence-electron chi connectivity index (χ4n) is 3.11. The first-order valence-electron chi connectivity index (χ1n) is 9.72. The van der Waals surface area contributed by atoms with Crippen molar-refractivity contribution in [2.24, 2.45) is 0 Å². The Morgan fingerprint density at radius 2 is 1.81 bits per heavy atom. The summed E-state index contributed by atoms with van der Waals surface area (Å²) in [5, 5.41) is 2.82. The second kappa shape index (κ2) is 9.35. The molecule has 0 saturated carbocycles. The molecule has 168 valence electrons. The van der Waals surface area contributed by atoms with E-state index in [-0.39, 0.29) is 22.9 Å². The van der Waals surface area contributed by atoms with E-state index in [0.717, 1.165) is 6.07 Å². The van der Waals surface area contributed by atoms with Crippen molar-refractivity contribution in [3.05, 3.63) is 71.7 Å². The first-order valence-corrected chi connectivity index (χ1v) is 9.72. The molecule has 5 nitrogen and oxygen atoms in total. The highest BCUT2D eigenvalue weighted by Gasteiger charge is 2.34. The zero-order valence-corrected chi connectivity index (χ0v) is 17.5. The minimum Gasteiger partial charge on any atom is -0.383 e. The lowest BCUT2D eigenvalue weighted by Gasteiger charge is -2.13. The van der Waals surface area contributed by atoms with E-state index in [9.17, 15) is 22.4 Å². The summed E-state index contributed by atoms with van der Waals surface area (Å²) in [6.45, 7) is 1.17. The van der Waals surface area contributed by atoms with E-state index in [1.807, 2.05) is 19.0 Å². The van der Waals surface area contributed by atoms with Crippen LogP contribution in [-0.2, 0) is 6.18 Å². The molecule has 3 aromatic rings. The van der Waals surface area contributed by atoms with Crippen LogP contribution in [0.1, 0.15) is 15.9 Å². The summed E-state index contributed by atoms with van der Waals surface area (Å²) in [5.74, 6) is -1.60. The van der Waals surface area contributed by atoms with Crippen LogP contribution in [0.4, 0.5) is 23.4 Å². The van der Waals surface area contributed by atoms with Crippen molar-refractivity contribution in [2.45, 2.75) is 6.18 Å².